The first-order valence-electron chi connectivity index (χ1n) is 6.52. The Morgan fingerprint density at radius 3 is 2.76 bits per heavy atom. The summed E-state index contributed by atoms with van der Waals surface area (Å²) < 4.78 is 29.8. The molecule has 0 spiro atoms. The quantitative estimate of drug-likeness (QED) is 0.636. The van der Waals surface area contributed by atoms with Crippen molar-refractivity contribution in [2.24, 2.45) is 0 Å². The summed E-state index contributed by atoms with van der Waals surface area (Å²) in [6.07, 6.45) is 0. The molecular weight excluding hydrogens is 274 g/mol. The van der Waals surface area contributed by atoms with E-state index in [0.717, 1.165) is 6.07 Å². The van der Waals surface area contributed by atoms with Crippen LogP contribution in [0.2, 0.25) is 0 Å². The van der Waals surface area contributed by atoms with E-state index in [1.165, 1.54) is 23.6 Å². The van der Waals surface area contributed by atoms with Gasteiger partial charge in [0.05, 0.1) is 16.6 Å². The van der Waals surface area contributed by atoms with E-state index in [1.54, 1.807) is 24.3 Å². The number of hydrogen-bond acceptors (Lipinski definition) is 2. The van der Waals surface area contributed by atoms with Crippen LogP contribution in [-0.2, 0) is 5.67 Å². The Morgan fingerprint density at radius 2 is 1.95 bits per heavy atom. The zero-order valence-electron chi connectivity index (χ0n) is 11.1. The Kier molecular flexibility index (Phi) is 2.18. The molecule has 3 aromatic rings. The minimum atomic E-state index is -2.00. The molecule has 21 heavy (non-hydrogen) atoms. The molecule has 5 heteroatoms. The van der Waals surface area contributed by atoms with Gasteiger partial charge in [-0.15, -0.1) is 0 Å². The van der Waals surface area contributed by atoms with Crippen LogP contribution in [0.1, 0.15) is 18.3 Å². The summed E-state index contributed by atoms with van der Waals surface area (Å²) in [5.41, 5.74) is -1.43. The van der Waals surface area contributed by atoms with Gasteiger partial charge in [-0.1, -0.05) is 12.1 Å². The highest BCUT2D eigenvalue weighted by molar-refractivity contribution is 5.78. The van der Waals surface area contributed by atoms with Gasteiger partial charge in [-0.05, 0) is 37.3 Å². The fourth-order valence-corrected chi connectivity index (χ4v) is 2.87. The molecule has 0 bridgehead atoms. The Morgan fingerprint density at radius 1 is 1.19 bits per heavy atom. The van der Waals surface area contributed by atoms with Gasteiger partial charge < -0.3 is 0 Å². The molecule has 0 fully saturated rings. The third-order valence-electron chi connectivity index (χ3n) is 3.90. The molecule has 0 radical (unpaired) electrons. The molecule has 1 aliphatic rings. The summed E-state index contributed by atoms with van der Waals surface area (Å²) in [6.45, 7) is 1.30. The van der Waals surface area contributed by atoms with Crippen molar-refractivity contribution < 1.29 is 8.78 Å². The second kappa shape index (κ2) is 3.75. The molecule has 0 amide bonds. The fraction of sp³-hybridized carbons (Fsp3) is 0.125. The standard InChI is InChI=1S/C16H10F2N2O/c1-16(18)11-8-9(17)6-7-13(11)20-14(21)10-4-2-3-5-12(10)19-15(16)20/h2-8H,1H3. The minimum absolute atomic E-state index is 0.00759. The summed E-state index contributed by atoms with van der Waals surface area (Å²) >= 11 is 0. The lowest BCUT2D eigenvalue weighted by Crippen LogP contribution is -2.24. The first-order valence-corrected chi connectivity index (χ1v) is 6.52. The number of nitrogens with zero attached hydrogens (tertiary/aromatic N) is 2. The third kappa shape index (κ3) is 1.46. The van der Waals surface area contributed by atoms with Crippen LogP contribution >= 0.6 is 0 Å². The largest absolute Gasteiger partial charge is 0.268 e. The summed E-state index contributed by atoms with van der Waals surface area (Å²) in [5, 5.41) is 0.411. The van der Waals surface area contributed by atoms with Crippen molar-refractivity contribution in [1.82, 2.24) is 9.55 Å². The molecule has 0 N–H and O–H groups in total. The van der Waals surface area contributed by atoms with Gasteiger partial charge in [-0.2, -0.15) is 0 Å². The second-order valence-corrected chi connectivity index (χ2v) is 5.26. The van der Waals surface area contributed by atoms with Crippen molar-refractivity contribution in [3.05, 3.63) is 70.0 Å². The monoisotopic (exact) mass is 284 g/mol. The molecule has 1 aliphatic heterocycles. The number of alkyl halides is 1. The van der Waals surface area contributed by atoms with Crippen LogP contribution in [0.3, 0.4) is 0 Å². The zero-order chi connectivity index (χ0) is 14.8. The molecule has 104 valence electrons. The van der Waals surface area contributed by atoms with E-state index in [9.17, 15) is 9.18 Å². The van der Waals surface area contributed by atoms with Crippen molar-refractivity contribution in [2.75, 3.05) is 0 Å². The highest BCUT2D eigenvalue weighted by atomic mass is 19.1. The minimum Gasteiger partial charge on any atom is -0.268 e. The highest BCUT2D eigenvalue weighted by Crippen LogP contribution is 2.42. The zero-order valence-corrected chi connectivity index (χ0v) is 11.1. The van der Waals surface area contributed by atoms with Crippen LogP contribution in [0, 0.1) is 5.82 Å². The van der Waals surface area contributed by atoms with Crippen LogP contribution in [0.25, 0.3) is 16.6 Å². The lowest BCUT2D eigenvalue weighted by Gasteiger charge is -2.14. The van der Waals surface area contributed by atoms with Gasteiger partial charge in [0, 0.05) is 5.56 Å². The predicted molar refractivity (Wildman–Crippen MR) is 74.9 cm³/mol. The Hall–Kier alpha value is -2.56. The van der Waals surface area contributed by atoms with Crippen molar-refractivity contribution in [3.8, 4) is 5.69 Å². The van der Waals surface area contributed by atoms with Gasteiger partial charge in [0.1, 0.15) is 5.82 Å². The SMILES string of the molecule is CC1(F)c2cc(F)ccc2-n2c1nc1ccccc1c2=O. The fourth-order valence-electron chi connectivity index (χ4n) is 2.87. The second-order valence-electron chi connectivity index (χ2n) is 5.26. The maximum atomic E-state index is 15.1. The maximum Gasteiger partial charge on any atom is 0.266 e. The molecule has 1 atom stereocenters. The topological polar surface area (TPSA) is 34.9 Å². The number of fused-ring (bicyclic) bond motifs is 4. The van der Waals surface area contributed by atoms with Crippen molar-refractivity contribution in [3.63, 3.8) is 0 Å². The van der Waals surface area contributed by atoms with E-state index in [0.29, 0.717) is 16.6 Å². The summed E-state index contributed by atoms with van der Waals surface area (Å²) in [4.78, 5) is 16.9. The van der Waals surface area contributed by atoms with Crippen LogP contribution in [0.5, 0.6) is 0 Å². The summed E-state index contributed by atoms with van der Waals surface area (Å²) in [6, 6.07) is 10.5. The van der Waals surface area contributed by atoms with Gasteiger partial charge >= 0.3 is 0 Å². The predicted octanol–water partition coefficient (Wildman–Crippen LogP) is 3.07. The molecule has 0 saturated heterocycles. The van der Waals surface area contributed by atoms with Crippen molar-refractivity contribution in [1.29, 1.82) is 0 Å². The van der Waals surface area contributed by atoms with E-state index >= 15 is 4.39 Å². The highest BCUT2D eigenvalue weighted by Gasteiger charge is 2.43. The van der Waals surface area contributed by atoms with Crippen LogP contribution in [0.4, 0.5) is 8.78 Å². The number of halogens is 2. The molecular formula is C16H10F2N2O. The number of para-hydroxylation sites is 1. The van der Waals surface area contributed by atoms with Crippen LogP contribution in [-0.4, -0.2) is 9.55 Å². The van der Waals surface area contributed by atoms with Gasteiger partial charge in [0.15, 0.2) is 11.5 Å². The summed E-state index contributed by atoms with van der Waals surface area (Å²) in [5.74, 6) is -0.546. The lowest BCUT2D eigenvalue weighted by molar-refractivity contribution is 0.244. The number of aromatic nitrogens is 2. The van der Waals surface area contributed by atoms with Gasteiger partial charge in [-0.25, -0.2) is 13.8 Å². The Labute approximate surface area is 118 Å². The van der Waals surface area contributed by atoms with E-state index < -0.39 is 11.5 Å². The van der Waals surface area contributed by atoms with Crippen LogP contribution in [0.15, 0.2) is 47.3 Å². The maximum absolute atomic E-state index is 15.1. The van der Waals surface area contributed by atoms with Gasteiger partial charge in [0.25, 0.3) is 5.56 Å². The number of rotatable bonds is 0. The molecule has 0 saturated carbocycles. The summed E-state index contributed by atoms with van der Waals surface area (Å²) in [7, 11) is 0. The van der Waals surface area contributed by atoms with E-state index in [4.69, 9.17) is 0 Å². The van der Waals surface area contributed by atoms with Crippen LogP contribution < -0.4 is 5.56 Å². The molecule has 2 heterocycles. The normalized spacial score (nSPS) is 19.6. The molecule has 4 rings (SSSR count). The number of hydrogen-bond donors (Lipinski definition) is 0. The number of benzene rings is 2. The van der Waals surface area contributed by atoms with E-state index in [-0.39, 0.29) is 16.9 Å². The van der Waals surface area contributed by atoms with Crippen molar-refractivity contribution >= 4 is 10.9 Å². The molecule has 0 aliphatic carbocycles. The van der Waals surface area contributed by atoms with Gasteiger partial charge in [0.2, 0.25) is 0 Å². The molecule has 3 nitrogen and oxygen atoms in total. The molecule has 1 aromatic heterocycles. The Balaban J connectivity index is 2.21. The first kappa shape index (κ1) is 12.2. The molecule has 1 unspecified atom stereocenters. The average Bonchev–Trinajstić information content (AvgIpc) is 2.68. The van der Waals surface area contributed by atoms with Crippen molar-refractivity contribution in [2.45, 2.75) is 12.6 Å². The lowest BCUT2D eigenvalue weighted by atomic mass is 9.99. The van der Waals surface area contributed by atoms with E-state index in [2.05, 4.69) is 4.98 Å². The molecule has 2 aromatic carbocycles. The first-order chi connectivity index (χ1) is 10.00. The van der Waals surface area contributed by atoms with Gasteiger partial charge in [-0.3, -0.25) is 9.36 Å². The Bertz CT molecular complexity index is 960. The smallest absolute Gasteiger partial charge is 0.266 e. The third-order valence-corrected chi connectivity index (χ3v) is 3.90. The average molecular weight is 284 g/mol. The van der Waals surface area contributed by atoms with E-state index in [1.807, 2.05) is 0 Å².